The van der Waals surface area contributed by atoms with E-state index in [-0.39, 0.29) is 12.4 Å². The normalized spacial score (nSPS) is 12.5. The van der Waals surface area contributed by atoms with Crippen LogP contribution in [0.3, 0.4) is 0 Å². The molecule has 0 saturated carbocycles. The summed E-state index contributed by atoms with van der Waals surface area (Å²) in [5.41, 5.74) is 2.20. The maximum atomic E-state index is 11.3. The number of benzene rings is 3. The summed E-state index contributed by atoms with van der Waals surface area (Å²) >= 11 is 0. The Morgan fingerprint density at radius 2 is 1.32 bits per heavy atom. The zero-order valence-electron chi connectivity index (χ0n) is 17.6. The second-order valence-corrected chi connectivity index (χ2v) is 7.40. The van der Waals surface area contributed by atoms with E-state index in [0.717, 1.165) is 16.7 Å². The number of Topliss-reactive ketones (excluding diaryl/α,β-unsaturated/α-hetero) is 1. The first kappa shape index (κ1) is 20.6. The van der Waals surface area contributed by atoms with Crippen molar-refractivity contribution in [2.75, 3.05) is 6.61 Å². The van der Waals surface area contributed by atoms with Gasteiger partial charge in [0.15, 0.2) is 11.3 Å². The highest BCUT2D eigenvalue weighted by Crippen LogP contribution is 2.39. The van der Waals surface area contributed by atoms with Gasteiger partial charge in [0.1, 0.15) is 12.7 Å². The molecule has 0 N–H and O–H groups in total. The van der Waals surface area contributed by atoms with Crippen LogP contribution < -0.4 is 0 Å². The second kappa shape index (κ2) is 9.02. The third-order valence-corrected chi connectivity index (χ3v) is 5.20. The van der Waals surface area contributed by atoms with Crippen molar-refractivity contribution in [3.8, 4) is 0 Å². The summed E-state index contributed by atoms with van der Waals surface area (Å²) in [6.45, 7) is 3.32. The molecule has 0 bridgehead atoms. The lowest BCUT2D eigenvalue weighted by Gasteiger charge is -2.34. The first-order valence-corrected chi connectivity index (χ1v) is 10.2. The smallest absolute Gasteiger partial charge is 0.203 e. The summed E-state index contributed by atoms with van der Waals surface area (Å²) in [6, 6.07) is 30.4. The fraction of sp³-hybridized carbons (Fsp3) is 0.200. The van der Waals surface area contributed by atoms with Crippen molar-refractivity contribution < 1.29 is 9.53 Å². The Morgan fingerprint density at radius 3 is 1.74 bits per heavy atom. The Bertz CT molecular complexity index is 1030. The quantitative estimate of drug-likeness (QED) is 0.406. The predicted octanol–water partition coefficient (Wildman–Crippen LogP) is 4.18. The van der Waals surface area contributed by atoms with Crippen molar-refractivity contribution in [1.29, 1.82) is 0 Å². The van der Waals surface area contributed by atoms with Gasteiger partial charge >= 0.3 is 0 Å². The molecule has 0 spiro atoms. The average Bonchev–Trinajstić information content (AvgIpc) is 3.31. The maximum Gasteiger partial charge on any atom is 0.203 e. The molecule has 0 aliphatic heterocycles. The van der Waals surface area contributed by atoms with Crippen molar-refractivity contribution >= 4 is 5.78 Å². The summed E-state index contributed by atoms with van der Waals surface area (Å²) in [6.07, 6.45) is -0.460. The van der Waals surface area contributed by atoms with Crippen LogP contribution in [0, 0.1) is 0 Å². The Hall–Kier alpha value is -3.64. The molecule has 6 heteroatoms. The summed E-state index contributed by atoms with van der Waals surface area (Å²) in [4.78, 5) is 13.0. The van der Waals surface area contributed by atoms with Crippen LogP contribution in [-0.4, -0.2) is 32.6 Å². The predicted molar refractivity (Wildman–Crippen MR) is 117 cm³/mol. The van der Waals surface area contributed by atoms with Crippen LogP contribution in [-0.2, 0) is 15.1 Å². The van der Waals surface area contributed by atoms with Crippen molar-refractivity contribution in [1.82, 2.24) is 20.2 Å². The molecule has 0 radical (unpaired) electrons. The number of rotatable bonds is 8. The van der Waals surface area contributed by atoms with E-state index >= 15 is 0 Å². The minimum Gasteiger partial charge on any atom is -0.363 e. The zero-order chi connectivity index (χ0) is 21.7. The summed E-state index contributed by atoms with van der Waals surface area (Å²) in [7, 11) is 0. The lowest BCUT2D eigenvalue weighted by Crippen LogP contribution is -2.39. The second-order valence-electron chi connectivity index (χ2n) is 7.40. The molecule has 0 aliphatic carbocycles. The molecule has 4 aromatic rings. The van der Waals surface area contributed by atoms with Crippen LogP contribution in [0.5, 0.6) is 0 Å². The van der Waals surface area contributed by atoms with Gasteiger partial charge in [0.2, 0.25) is 5.82 Å². The zero-order valence-corrected chi connectivity index (χ0v) is 17.6. The topological polar surface area (TPSA) is 69.9 Å². The van der Waals surface area contributed by atoms with Gasteiger partial charge in [-0.2, -0.15) is 0 Å². The van der Waals surface area contributed by atoms with E-state index < -0.39 is 11.6 Å². The number of aromatic nitrogens is 4. The van der Waals surface area contributed by atoms with Crippen molar-refractivity contribution in [2.45, 2.75) is 25.5 Å². The van der Waals surface area contributed by atoms with Crippen LogP contribution in [0.15, 0.2) is 91.0 Å². The maximum absolute atomic E-state index is 11.3. The molecule has 1 unspecified atom stereocenters. The largest absolute Gasteiger partial charge is 0.363 e. The van der Waals surface area contributed by atoms with E-state index in [2.05, 4.69) is 46.7 Å². The third-order valence-electron chi connectivity index (χ3n) is 5.20. The molecule has 156 valence electrons. The van der Waals surface area contributed by atoms with Gasteiger partial charge in [-0.25, -0.2) is 0 Å². The first-order valence-electron chi connectivity index (χ1n) is 10.2. The SMILES string of the molecule is CC(=O)COC(C)c1nnn(C(c2ccccc2)(c2ccccc2)c2ccccc2)n1. The lowest BCUT2D eigenvalue weighted by atomic mass is 9.77. The van der Waals surface area contributed by atoms with Crippen molar-refractivity contribution in [3.63, 3.8) is 0 Å². The van der Waals surface area contributed by atoms with Gasteiger partial charge in [0.25, 0.3) is 0 Å². The van der Waals surface area contributed by atoms with Crippen LogP contribution in [0.1, 0.15) is 42.5 Å². The van der Waals surface area contributed by atoms with E-state index in [4.69, 9.17) is 9.84 Å². The lowest BCUT2D eigenvalue weighted by molar-refractivity contribution is -0.123. The number of nitrogens with zero attached hydrogens (tertiary/aromatic N) is 4. The fourth-order valence-electron chi connectivity index (χ4n) is 3.73. The van der Waals surface area contributed by atoms with Gasteiger partial charge in [-0.3, -0.25) is 4.79 Å². The molecule has 1 atom stereocenters. The van der Waals surface area contributed by atoms with Gasteiger partial charge < -0.3 is 4.74 Å². The number of ether oxygens (including phenoxy) is 1. The molecule has 0 aliphatic rings. The fourth-order valence-corrected chi connectivity index (χ4v) is 3.73. The van der Waals surface area contributed by atoms with Crippen LogP contribution >= 0.6 is 0 Å². The van der Waals surface area contributed by atoms with Gasteiger partial charge in [0.05, 0.1) is 0 Å². The first-order chi connectivity index (χ1) is 15.1. The summed E-state index contributed by atoms with van der Waals surface area (Å²) in [5, 5.41) is 13.5. The van der Waals surface area contributed by atoms with Crippen LogP contribution in [0.4, 0.5) is 0 Å². The highest BCUT2D eigenvalue weighted by molar-refractivity contribution is 5.76. The highest BCUT2D eigenvalue weighted by atomic mass is 16.5. The molecular formula is C25H24N4O2. The standard InChI is InChI=1S/C25H24N4O2/c1-19(30)18-31-20(2)24-26-28-29(27-24)25(21-12-6-3-7-13-21,22-14-8-4-9-15-22)23-16-10-5-11-17-23/h3-17,20H,18H2,1-2H3. The number of hydrogen-bond acceptors (Lipinski definition) is 5. The molecule has 0 fully saturated rings. The Balaban J connectivity index is 1.93. The number of ketones is 1. The molecular weight excluding hydrogens is 388 g/mol. The van der Waals surface area contributed by atoms with E-state index in [1.807, 2.05) is 61.5 Å². The van der Waals surface area contributed by atoms with E-state index in [1.165, 1.54) is 6.92 Å². The Morgan fingerprint density at radius 1 is 0.871 bits per heavy atom. The van der Waals surface area contributed by atoms with Crippen LogP contribution in [0.25, 0.3) is 0 Å². The molecule has 31 heavy (non-hydrogen) atoms. The Kier molecular flexibility index (Phi) is 6.00. The van der Waals surface area contributed by atoms with Gasteiger partial charge in [-0.05, 0) is 35.8 Å². The van der Waals surface area contributed by atoms with E-state index in [1.54, 1.807) is 4.80 Å². The monoisotopic (exact) mass is 412 g/mol. The van der Waals surface area contributed by atoms with Crippen molar-refractivity contribution in [2.24, 2.45) is 0 Å². The third kappa shape index (κ3) is 4.02. The molecule has 3 aromatic carbocycles. The molecule has 6 nitrogen and oxygen atoms in total. The van der Waals surface area contributed by atoms with Crippen molar-refractivity contribution in [3.05, 3.63) is 114 Å². The highest BCUT2D eigenvalue weighted by Gasteiger charge is 2.41. The minimum atomic E-state index is -0.824. The number of carbonyl (C=O) groups excluding carboxylic acids is 1. The Labute approximate surface area is 181 Å². The average molecular weight is 412 g/mol. The van der Waals surface area contributed by atoms with Gasteiger partial charge in [0, 0.05) is 0 Å². The van der Waals surface area contributed by atoms with E-state index in [0.29, 0.717) is 5.82 Å². The van der Waals surface area contributed by atoms with Gasteiger partial charge in [-0.15, -0.1) is 15.0 Å². The summed E-state index contributed by atoms with van der Waals surface area (Å²) < 4.78 is 5.60. The minimum absolute atomic E-state index is 0.0108. The van der Waals surface area contributed by atoms with Gasteiger partial charge in [-0.1, -0.05) is 91.0 Å². The number of tetrazole rings is 1. The molecule has 0 saturated heterocycles. The molecule has 4 rings (SSSR count). The summed E-state index contributed by atoms with van der Waals surface area (Å²) in [5.74, 6) is 0.375. The molecule has 1 heterocycles. The number of hydrogen-bond donors (Lipinski definition) is 0. The van der Waals surface area contributed by atoms with Crippen LogP contribution in [0.2, 0.25) is 0 Å². The van der Waals surface area contributed by atoms with E-state index in [9.17, 15) is 4.79 Å². The molecule has 1 aromatic heterocycles. The molecule has 0 amide bonds. The number of carbonyl (C=O) groups is 1.